The van der Waals surface area contributed by atoms with Crippen LogP contribution in [0.5, 0.6) is 0 Å². The first-order valence-corrected chi connectivity index (χ1v) is 10.4. The Morgan fingerprint density at radius 1 is 1.16 bits per heavy atom. The Balaban J connectivity index is 1.45. The van der Waals surface area contributed by atoms with Gasteiger partial charge in [-0.25, -0.2) is 0 Å². The summed E-state index contributed by atoms with van der Waals surface area (Å²) in [5.41, 5.74) is 7.94. The van der Waals surface area contributed by atoms with Gasteiger partial charge in [-0.2, -0.15) is 13.2 Å². The second-order valence-corrected chi connectivity index (χ2v) is 8.51. The lowest BCUT2D eigenvalue weighted by Crippen LogP contribution is -2.52. The summed E-state index contributed by atoms with van der Waals surface area (Å²) in [5, 5.41) is 2.27. The third kappa shape index (κ3) is 4.31. The van der Waals surface area contributed by atoms with Gasteiger partial charge in [-0.05, 0) is 43.0 Å². The van der Waals surface area contributed by atoms with E-state index in [0.29, 0.717) is 25.1 Å². The van der Waals surface area contributed by atoms with Crippen LogP contribution >= 0.6 is 0 Å². The number of carbonyl (C=O) groups is 3. The fourth-order valence-electron chi connectivity index (χ4n) is 4.81. The summed E-state index contributed by atoms with van der Waals surface area (Å²) >= 11 is 0. The molecule has 1 aromatic rings. The number of rotatable bonds is 4. The van der Waals surface area contributed by atoms with Crippen LogP contribution in [0.2, 0.25) is 0 Å². The molecule has 0 spiro atoms. The second-order valence-electron chi connectivity index (χ2n) is 8.51. The van der Waals surface area contributed by atoms with Crippen molar-refractivity contribution >= 4 is 17.7 Å². The molecule has 0 aromatic heterocycles. The number of amides is 3. The Kier molecular flexibility index (Phi) is 5.78. The van der Waals surface area contributed by atoms with E-state index >= 15 is 0 Å². The Labute approximate surface area is 177 Å². The molecule has 1 unspecified atom stereocenters. The third-order valence-electron chi connectivity index (χ3n) is 6.55. The predicted molar refractivity (Wildman–Crippen MR) is 105 cm³/mol. The summed E-state index contributed by atoms with van der Waals surface area (Å²) in [5.74, 6) is -2.37. The van der Waals surface area contributed by atoms with Crippen molar-refractivity contribution in [3.8, 4) is 0 Å². The molecule has 168 valence electrons. The van der Waals surface area contributed by atoms with Gasteiger partial charge in [0.2, 0.25) is 11.8 Å². The Hall–Kier alpha value is -2.46. The highest BCUT2D eigenvalue weighted by molar-refractivity contribution is 6.05. The number of piperidine rings is 2. The molecule has 0 bridgehead atoms. The Morgan fingerprint density at radius 2 is 1.94 bits per heavy atom. The summed E-state index contributed by atoms with van der Waals surface area (Å²) in [6, 6.07) is 4.36. The van der Waals surface area contributed by atoms with Crippen molar-refractivity contribution in [2.75, 3.05) is 13.1 Å². The number of alkyl halides is 3. The molecule has 7 nitrogen and oxygen atoms in total. The summed E-state index contributed by atoms with van der Waals surface area (Å²) in [6.07, 6.45) is -3.67. The number of carbonyl (C=O) groups excluding carboxylic acids is 3. The van der Waals surface area contributed by atoms with Crippen LogP contribution in [0.25, 0.3) is 0 Å². The van der Waals surface area contributed by atoms with Gasteiger partial charge in [-0.1, -0.05) is 12.1 Å². The van der Waals surface area contributed by atoms with Gasteiger partial charge in [0.15, 0.2) is 0 Å². The molecular weight excluding hydrogens is 413 g/mol. The van der Waals surface area contributed by atoms with E-state index in [9.17, 15) is 27.6 Å². The van der Waals surface area contributed by atoms with Gasteiger partial charge in [-0.3, -0.25) is 24.6 Å². The van der Waals surface area contributed by atoms with Crippen molar-refractivity contribution < 1.29 is 27.6 Å². The number of nitrogens with two attached hydrogens (primary N) is 1. The molecular formula is C21H25F3N4O3. The van der Waals surface area contributed by atoms with Crippen molar-refractivity contribution in [3.05, 3.63) is 34.9 Å². The predicted octanol–water partition coefficient (Wildman–Crippen LogP) is 1.55. The van der Waals surface area contributed by atoms with Gasteiger partial charge in [0.05, 0.1) is 5.92 Å². The van der Waals surface area contributed by atoms with Crippen LogP contribution in [0.15, 0.2) is 18.2 Å². The van der Waals surface area contributed by atoms with Gasteiger partial charge in [0, 0.05) is 37.7 Å². The van der Waals surface area contributed by atoms with Gasteiger partial charge in [-0.15, -0.1) is 0 Å². The van der Waals surface area contributed by atoms with Crippen LogP contribution in [0.4, 0.5) is 13.2 Å². The molecule has 2 fully saturated rings. The second kappa shape index (κ2) is 8.23. The number of nitrogens with zero attached hydrogens (tertiary/aromatic N) is 2. The lowest BCUT2D eigenvalue weighted by Gasteiger charge is -2.39. The molecule has 3 aliphatic rings. The molecule has 0 radical (unpaired) electrons. The molecule has 1 aromatic carbocycles. The average molecular weight is 438 g/mol. The quantitative estimate of drug-likeness (QED) is 0.696. The highest BCUT2D eigenvalue weighted by atomic mass is 19.4. The molecule has 3 heterocycles. The lowest BCUT2D eigenvalue weighted by atomic mass is 9.89. The van der Waals surface area contributed by atoms with Crippen LogP contribution in [0.3, 0.4) is 0 Å². The molecule has 3 amide bonds. The maximum absolute atomic E-state index is 13.1. The van der Waals surface area contributed by atoms with Crippen molar-refractivity contribution in [1.29, 1.82) is 0 Å². The fraction of sp³-hybridized carbons (Fsp3) is 0.571. The van der Waals surface area contributed by atoms with Gasteiger partial charge >= 0.3 is 6.18 Å². The smallest absolute Gasteiger partial charge is 0.329 e. The molecule has 4 rings (SSSR count). The molecule has 3 N–H and O–H groups in total. The van der Waals surface area contributed by atoms with E-state index in [4.69, 9.17) is 5.73 Å². The zero-order valence-corrected chi connectivity index (χ0v) is 17.0. The normalized spacial score (nSPS) is 27.4. The van der Waals surface area contributed by atoms with Crippen molar-refractivity contribution in [3.63, 3.8) is 0 Å². The molecule has 3 aliphatic heterocycles. The Morgan fingerprint density at radius 3 is 2.61 bits per heavy atom. The number of likely N-dealkylation sites (tertiary alicyclic amines) is 1. The molecule has 0 aliphatic carbocycles. The maximum atomic E-state index is 13.1. The minimum Gasteiger partial charge on any atom is -0.329 e. The first kappa shape index (κ1) is 21.8. The topological polar surface area (TPSA) is 95.7 Å². The minimum absolute atomic E-state index is 0.00723. The number of hydrogen-bond donors (Lipinski definition) is 2. The maximum Gasteiger partial charge on any atom is 0.391 e. The van der Waals surface area contributed by atoms with Crippen molar-refractivity contribution in [2.45, 2.75) is 57.0 Å². The van der Waals surface area contributed by atoms with E-state index in [1.54, 1.807) is 12.1 Å². The van der Waals surface area contributed by atoms with E-state index in [-0.39, 0.29) is 50.2 Å². The molecule has 10 heteroatoms. The van der Waals surface area contributed by atoms with Crippen LogP contribution in [0.1, 0.15) is 47.2 Å². The number of benzene rings is 1. The van der Waals surface area contributed by atoms with E-state index < -0.39 is 24.0 Å². The summed E-state index contributed by atoms with van der Waals surface area (Å²) in [6.45, 7) is 1.18. The van der Waals surface area contributed by atoms with Crippen molar-refractivity contribution in [2.24, 2.45) is 11.7 Å². The third-order valence-corrected chi connectivity index (χ3v) is 6.55. The zero-order chi connectivity index (χ0) is 22.3. The average Bonchev–Trinajstić information content (AvgIpc) is 3.03. The highest BCUT2D eigenvalue weighted by Crippen LogP contribution is 2.37. The number of nitrogens with one attached hydrogen (secondary N) is 1. The van der Waals surface area contributed by atoms with Crippen LogP contribution < -0.4 is 11.1 Å². The standard InChI is InChI=1S/C21H25F3N4O3/c22-21(23,24)14-5-6-27(15(8-14)9-25)10-12-1-2-16-13(7-12)11-28(20(16)31)17-3-4-18(29)26-19(17)30/h1-2,7,14-15,17H,3-6,8-11,25H2,(H,26,29,30)/t14-,15+,17?/m1/s1. The van der Waals surface area contributed by atoms with Crippen LogP contribution in [-0.4, -0.2) is 58.9 Å². The SMILES string of the molecule is NC[C@@H]1C[C@H](C(F)(F)F)CCN1Cc1ccc2c(c1)CN(C1CCC(=O)NC1=O)C2=O. The number of hydrogen-bond acceptors (Lipinski definition) is 5. The van der Waals surface area contributed by atoms with Gasteiger partial charge < -0.3 is 10.6 Å². The minimum atomic E-state index is -4.20. The highest BCUT2D eigenvalue weighted by Gasteiger charge is 2.44. The first-order chi connectivity index (χ1) is 14.7. The zero-order valence-electron chi connectivity index (χ0n) is 17.0. The lowest BCUT2D eigenvalue weighted by molar-refractivity contribution is -0.189. The van der Waals surface area contributed by atoms with Crippen molar-refractivity contribution in [1.82, 2.24) is 15.1 Å². The summed E-state index contributed by atoms with van der Waals surface area (Å²) < 4.78 is 39.3. The molecule has 3 atom stereocenters. The van der Waals surface area contributed by atoms with Crippen LogP contribution in [0, 0.1) is 5.92 Å². The van der Waals surface area contributed by atoms with E-state index in [0.717, 1.165) is 11.1 Å². The van der Waals surface area contributed by atoms with E-state index in [2.05, 4.69) is 5.32 Å². The Bertz CT molecular complexity index is 904. The number of fused-ring (bicyclic) bond motifs is 1. The van der Waals surface area contributed by atoms with E-state index in [1.165, 1.54) is 4.90 Å². The van der Waals surface area contributed by atoms with Crippen LogP contribution in [-0.2, 0) is 22.7 Å². The number of imide groups is 1. The van der Waals surface area contributed by atoms with E-state index in [1.807, 2.05) is 11.0 Å². The number of halogens is 3. The van der Waals surface area contributed by atoms with Gasteiger partial charge in [0.1, 0.15) is 6.04 Å². The fourth-order valence-corrected chi connectivity index (χ4v) is 4.81. The largest absolute Gasteiger partial charge is 0.391 e. The molecule has 31 heavy (non-hydrogen) atoms. The summed E-state index contributed by atoms with van der Waals surface area (Å²) in [4.78, 5) is 39.8. The monoisotopic (exact) mass is 438 g/mol. The van der Waals surface area contributed by atoms with Gasteiger partial charge in [0.25, 0.3) is 5.91 Å². The molecule has 0 saturated carbocycles. The first-order valence-electron chi connectivity index (χ1n) is 10.4. The summed E-state index contributed by atoms with van der Waals surface area (Å²) in [7, 11) is 0. The molecule has 2 saturated heterocycles.